The maximum absolute atomic E-state index is 5.72. The lowest BCUT2D eigenvalue weighted by molar-refractivity contribution is 0.316. The zero-order valence-electron chi connectivity index (χ0n) is 11.4. The number of nitrogens with one attached hydrogen (secondary N) is 1. The summed E-state index contributed by atoms with van der Waals surface area (Å²) in [6.45, 7) is 8.19. The third-order valence-corrected chi connectivity index (χ3v) is 2.97. The molecule has 3 nitrogen and oxygen atoms in total. The standard InChI is InChI=1S/C16H20N2O/c1-3-5-10-19-16-15-9-7-6-8-14(15)13(12-18-16)11-17-4-2/h3,6-9,12,17H,1,4-5,10-11H2,2H3. The Morgan fingerprint density at radius 2 is 2.11 bits per heavy atom. The molecular weight excluding hydrogens is 236 g/mol. The first-order chi connectivity index (χ1) is 9.36. The fraction of sp³-hybridized carbons (Fsp3) is 0.312. The molecule has 1 aromatic carbocycles. The lowest BCUT2D eigenvalue weighted by Crippen LogP contribution is -2.12. The second-order valence-electron chi connectivity index (χ2n) is 4.34. The van der Waals surface area contributed by atoms with Gasteiger partial charge in [-0.3, -0.25) is 0 Å². The number of fused-ring (bicyclic) bond motifs is 1. The van der Waals surface area contributed by atoms with Crippen molar-refractivity contribution >= 4 is 10.8 Å². The minimum atomic E-state index is 0.618. The van der Waals surface area contributed by atoms with Crippen LogP contribution in [0.25, 0.3) is 10.8 Å². The highest BCUT2D eigenvalue weighted by atomic mass is 16.5. The van der Waals surface area contributed by atoms with E-state index in [1.165, 1.54) is 10.9 Å². The van der Waals surface area contributed by atoms with Crippen molar-refractivity contribution in [1.82, 2.24) is 10.3 Å². The predicted molar refractivity (Wildman–Crippen MR) is 79.4 cm³/mol. The van der Waals surface area contributed by atoms with E-state index in [-0.39, 0.29) is 0 Å². The third kappa shape index (κ3) is 3.32. The fourth-order valence-corrected chi connectivity index (χ4v) is 1.98. The van der Waals surface area contributed by atoms with E-state index in [1.54, 1.807) is 0 Å². The van der Waals surface area contributed by atoms with Gasteiger partial charge in [0.2, 0.25) is 5.88 Å². The zero-order chi connectivity index (χ0) is 13.5. The Balaban J connectivity index is 2.31. The summed E-state index contributed by atoms with van der Waals surface area (Å²) in [7, 11) is 0. The highest BCUT2D eigenvalue weighted by molar-refractivity contribution is 5.89. The lowest BCUT2D eigenvalue weighted by atomic mass is 10.1. The van der Waals surface area contributed by atoms with Crippen LogP contribution in [-0.2, 0) is 6.54 Å². The molecule has 0 fully saturated rings. The number of nitrogens with zero attached hydrogens (tertiary/aromatic N) is 1. The van der Waals surface area contributed by atoms with Gasteiger partial charge in [0, 0.05) is 18.1 Å². The van der Waals surface area contributed by atoms with Crippen molar-refractivity contribution in [3.63, 3.8) is 0 Å². The van der Waals surface area contributed by atoms with Crippen molar-refractivity contribution in [2.24, 2.45) is 0 Å². The Bertz CT molecular complexity index is 551. The van der Waals surface area contributed by atoms with E-state index >= 15 is 0 Å². The second kappa shape index (κ2) is 6.90. The summed E-state index contributed by atoms with van der Waals surface area (Å²) >= 11 is 0. The first-order valence-electron chi connectivity index (χ1n) is 6.67. The molecule has 0 aliphatic rings. The van der Waals surface area contributed by atoms with E-state index in [0.717, 1.165) is 24.9 Å². The van der Waals surface area contributed by atoms with Gasteiger partial charge in [0.05, 0.1) is 6.61 Å². The summed E-state index contributed by atoms with van der Waals surface area (Å²) in [6, 6.07) is 8.23. The Morgan fingerprint density at radius 3 is 2.84 bits per heavy atom. The predicted octanol–water partition coefficient (Wildman–Crippen LogP) is 3.30. The van der Waals surface area contributed by atoms with E-state index in [4.69, 9.17) is 4.74 Å². The van der Waals surface area contributed by atoms with Crippen LogP contribution in [0.4, 0.5) is 0 Å². The molecule has 0 aliphatic carbocycles. The molecule has 0 spiro atoms. The van der Waals surface area contributed by atoms with Crippen molar-refractivity contribution in [3.05, 3.63) is 48.7 Å². The van der Waals surface area contributed by atoms with Crippen molar-refractivity contribution in [3.8, 4) is 5.88 Å². The number of ether oxygens (including phenoxy) is 1. The van der Waals surface area contributed by atoms with Crippen LogP contribution in [0, 0.1) is 0 Å². The third-order valence-electron chi connectivity index (χ3n) is 2.97. The summed E-state index contributed by atoms with van der Waals surface area (Å²) in [6.07, 6.45) is 4.57. The average Bonchev–Trinajstić information content (AvgIpc) is 2.46. The molecule has 1 aromatic heterocycles. The number of benzene rings is 1. The molecule has 100 valence electrons. The van der Waals surface area contributed by atoms with Gasteiger partial charge in [0.15, 0.2) is 0 Å². The van der Waals surface area contributed by atoms with Crippen molar-refractivity contribution in [2.75, 3.05) is 13.2 Å². The molecule has 1 heterocycles. The smallest absolute Gasteiger partial charge is 0.221 e. The van der Waals surface area contributed by atoms with E-state index in [0.29, 0.717) is 12.5 Å². The maximum Gasteiger partial charge on any atom is 0.221 e. The summed E-state index contributed by atoms with van der Waals surface area (Å²) < 4.78 is 5.72. The van der Waals surface area contributed by atoms with E-state index in [1.807, 2.05) is 24.4 Å². The van der Waals surface area contributed by atoms with Crippen molar-refractivity contribution in [2.45, 2.75) is 19.9 Å². The van der Waals surface area contributed by atoms with Crippen molar-refractivity contribution < 1.29 is 4.74 Å². The largest absolute Gasteiger partial charge is 0.477 e. The SMILES string of the molecule is C=CCCOc1ncc(CNCC)c2ccccc12. The van der Waals surface area contributed by atoms with E-state index in [2.05, 4.69) is 35.9 Å². The maximum atomic E-state index is 5.72. The molecule has 0 radical (unpaired) electrons. The van der Waals surface area contributed by atoms with Crippen LogP contribution in [0.2, 0.25) is 0 Å². The number of rotatable bonds is 7. The Hall–Kier alpha value is -1.87. The monoisotopic (exact) mass is 256 g/mol. The molecule has 0 bridgehead atoms. The van der Waals surface area contributed by atoms with Gasteiger partial charge in [-0.05, 0) is 30.0 Å². The van der Waals surface area contributed by atoms with Gasteiger partial charge in [-0.1, -0.05) is 31.2 Å². The molecule has 0 amide bonds. The Kier molecular flexibility index (Phi) is 4.93. The highest BCUT2D eigenvalue weighted by Crippen LogP contribution is 2.26. The molecule has 2 rings (SSSR count). The van der Waals surface area contributed by atoms with Crippen LogP contribution in [0.1, 0.15) is 18.9 Å². The zero-order valence-corrected chi connectivity index (χ0v) is 11.4. The summed E-state index contributed by atoms with van der Waals surface area (Å²) in [4.78, 5) is 4.44. The number of pyridine rings is 1. The number of hydrogen-bond acceptors (Lipinski definition) is 3. The lowest BCUT2D eigenvalue weighted by Gasteiger charge is -2.11. The normalized spacial score (nSPS) is 10.6. The minimum absolute atomic E-state index is 0.618. The van der Waals surface area contributed by atoms with Crippen LogP contribution in [-0.4, -0.2) is 18.1 Å². The van der Waals surface area contributed by atoms with Crippen LogP contribution < -0.4 is 10.1 Å². The van der Waals surface area contributed by atoms with E-state index in [9.17, 15) is 0 Å². The molecule has 0 unspecified atom stereocenters. The van der Waals surface area contributed by atoms with Gasteiger partial charge in [-0.15, -0.1) is 6.58 Å². The molecule has 19 heavy (non-hydrogen) atoms. The molecule has 0 saturated carbocycles. The van der Waals surface area contributed by atoms with Gasteiger partial charge in [-0.25, -0.2) is 4.98 Å². The van der Waals surface area contributed by atoms with Crippen molar-refractivity contribution in [1.29, 1.82) is 0 Å². The highest BCUT2D eigenvalue weighted by Gasteiger charge is 2.07. The fourth-order valence-electron chi connectivity index (χ4n) is 1.98. The summed E-state index contributed by atoms with van der Waals surface area (Å²) in [5.41, 5.74) is 1.20. The molecule has 0 atom stereocenters. The van der Waals surface area contributed by atoms with Crippen LogP contribution >= 0.6 is 0 Å². The molecule has 0 saturated heterocycles. The molecule has 3 heteroatoms. The number of hydrogen-bond donors (Lipinski definition) is 1. The van der Waals surface area contributed by atoms with Gasteiger partial charge >= 0.3 is 0 Å². The van der Waals surface area contributed by atoms with Gasteiger partial charge in [-0.2, -0.15) is 0 Å². The Morgan fingerprint density at radius 1 is 1.32 bits per heavy atom. The average molecular weight is 256 g/mol. The summed E-state index contributed by atoms with van der Waals surface area (Å²) in [5, 5.41) is 5.61. The molecular formula is C16H20N2O. The number of aromatic nitrogens is 1. The first-order valence-corrected chi connectivity index (χ1v) is 6.67. The van der Waals surface area contributed by atoms with Crippen LogP contribution in [0.3, 0.4) is 0 Å². The molecule has 2 aromatic rings. The first kappa shape index (κ1) is 13.6. The Labute approximate surface area is 114 Å². The quantitative estimate of drug-likeness (QED) is 0.609. The van der Waals surface area contributed by atoms with Gasteiger partial charge < -0.3 is 10.1 Å². The van der Waals surface area contributed by atoms with Crippen LogP contribution in [0.5, 0.6) is 5.88 Å². The topological polar surface area (TPSA) is 34.1 Å². The van der Waals surface area contributed by atoms with Gasteiger partial charge in [0.25, 0.3) is 0 Å². The molecule has 1 N–H and O–H groups in total. The van der Waals surface area contributed by atoms with E-state index < -0.39 is 0 Å². The molecule has 0 aliphatic heterocycles. The summed E-state index contributed by atoms with van der Waals surface area (Å²) in [5.74, 6) is 0.706. The second-order valence-corrected chi connectivity index (χ2v) is 4.34. The van der Waals surface area contributed by atoms with Gasteiger partial charge in [0.1, 0.15) is 0 Å². The minimum Gasteiger partial charge on any atom is -0.477 e. The van der Waals surface area contributed by atoms with Crippen LogP contribution in [0.15, 0.2) is 43.1 Å².